The number of halogens is 3. The maximum absolute atomic E-state index is 14.1. The van der Waals surface area contributed by atoms with Crippen molar-refractivity contribution in [3.8, 4) is 11.9 Å². The second-order valence-corrected chi connectivity index (χ2v) is 9.72. The molecule has 0 atom stereocenters. The van der Waals surface area contributed by atoms with Gasteiger partial charge in [-0.05, 0) is 36.2 Å². The number of hydrogen-bond acceptors (Lipinski definition) is 6. The minimum atomic E-state index is -1.61. The van der Waals surface area contributed by atoms with Crippen LogP contribution in [0.4, 0.5) is 19.0 Å². The second kappa shape index (κ2) is 8.88. The first-order valence-corrected chi connectivity index (χ1v) is 12.0. The first kappa shape index (κ1) is 24.0. The predicted molar refractivity (Wildman–Crippen MR) is 130 cm³/mol. The molecule has 0 aliphatic carbocycles. The summed E-state index contributed by atoms with van der Waals surface area (Å²) in [4.78, 5) is 33.9. The summed E-state index contributed by atoms with van der Waals surface area (Å²) < 4.78 is 51.0. The van der Waals surface area contributed by atoms with Crippen molar-refractivity contribution in [3.05, 3.63) is 92.1 Å². The lowest BCUT2D eigenvalue weighted by Crippen LogP contribution is -2.59. The Morgan fingerprint density at radius 1 is 1.13 bits per heavy atom. The van der Waals surface area contributed by atoms with Crippen molar-refractivity contribution in [2.24, 2.45) is 5.41 Å². The molecule has 2 fully saturated rings. The smallest absolute Gasteiger partial charge is 0.339 e. The van der Waals surface area contributed by atoms with Crippen LogP contribution in [-0.4, -0.2) is 44.8 Å². The fraction of sp³-hybridized carbons (Fsp3) is 0.308. The highest BCUT2D eigenvalue weighted by atomic mass is 19.2. The average Bonchev–Trinajstić information content (AvgIpc) is 3.53. The highest BCUT2D eigenvalue weighted by molar-refractivity contribution is 5.54. The minimum absolute atomic E-state index is 0.00559. The first-order valence-electron chi connectivity index (χ1n) is 12.0. The third-order valence-corrected chi connectivity index (χ3v) is 7.23. The maximum Gasteiger partial charge on any atom is 0.339 e. The third-order valence-electron chi connectivity index (χ3n) is 7.23. The number of anilines is 1. The van der Waals surface area contributed by atoms with Crippen LogP contribution in [0.2, 0.25) is 0 Å². The molecule has 0 bridgehead atoms. The third kappa shape index (κ3) is 3.69. The zero-order valence-electron chi connectivity index (χ0n) is 20.0. The van der Waals surface area contributed by atoms with Crippen molar-refractivity contribution < 1.29 is 17.9 Å². The van der Waals surface area contributed by atoms with E-state index in [0.717, 1.165) is 23.1 Å². The number of benzene rings is 1. The van der Waals surface area contributed by atoms with Crippen molar-refractivity contribution >= 4 is 11.5 Å². The van der Waals surface area contributed by atoms with Crippen molar-refractivity contribution in [1.82, 2.24) is 18.5 Å². The molecule has 9 nitrogen and oxygen atoms in total. The summed E-state index contributed by atoms with van der Waals surface area (Å²) in [7, 11) is 0. The Balaban J connectivity index is 1.59. The minimum Gasteiger partial charge on any atom is -0.381 e. The molecule has 0 saturated carbocycles. The molecule has 3 aromatic heterocycles. The highest BCUT2D eigenvalue weighted by Crippen LogP contribution is 2.41. The van der Waals surface area contributed by atoms with Crippen molar-refractivity contribution in [2.45, 2.75) is 19.4 Å². The molecule has 1 aromatic carbocycles. The molecule has 0 unspecified atom stereocenters. The highest BCUT2D eigenvalue weighted by Gasteiger charge is 2.47. The van der Waals surface area contributed by atoms with E-state index in [2.05, 4.69) is 4.98 Å². The summed E-state index contributed by atoms with van der Waals surface area (Å²) in [6.45, 7) is 1.74. The van der Waals surface area contributed by atoms with Crippen molar-refractivity contribution in [1.29, 1.82) is 5.26 Å². The van der Waals surface area contributed by atoms with E-state index >= 15 is 0 Å². The average molecular weight is 522 g/mol. The lowest BCUT2D eigenvalue weighted by molar-refractivity contribution is 0.130. The second-order valence-electron chi connectivity index (χ2n) is 9.72. The van der Waals surface area contributed by atoms with Gasteiger partial charge in [0, 0.05) is 37.7 Å². The Kier molecular flexibility index (Phi) is 5.61. The van der Waals surface area contributed by atoms with Gasteiger partial charge in [0.15, 0.2) is 17.5 Å². The Labute approximate surface area is 213 Å². The van der Waals surface area contributed by atoms with Gasteiger partial charge < -0.3 is 9.64 Å². The van der Waals surface area contributed by atoms with Crippen LogP contribution in [0.1, 0.15) is 17.5 Å². The van der Waals surface area contributed by atoms with Crippen LogP contribution in [0.5, 0.6) is 0 Å². The molecule has 0 N–H and O–H groups in total. The summed E-state index contributed by atoms with van der Waals surface area (Å²) in [6, 6.07) is 8.78. The molecule has 6 rings (SSSR count). The predicted octanol–water partition coefficient (Wildman–Crippen LogP) is 2.41. The Hall–Kier alpha value is -4.37. The standard InChI is InChI=1S/C26H21F3N6O3/c27-18-10-16(11-19(28)22(18)29)9-17-23(32-13-26(14-32)4-8-38-15-26)34(7-5-30)25(37)35(24(17)36)21-12-31-20-3-1-2-6-33(20)21/h1-3,6,10-12H,4,7-9,13-15H2. The van der Waals surface area contributed by atoms with Crippen LogP contribution in [0.15, 0.2) is 52.3 Å². The van der Waals surface area contributed by atoms with Gasteiger partial charge in [0.05, 0.1) is 24.4 Å². The lowest BCUT2D eigenvalue weighted by Gasteiger charge is -2.49. The van der Waals surface area contributed by atoms with Gasteiger partial charge in [-0.15, -0.1) is 0 Å². The van der Waals surface area contributed by atoms with Crippen LogP contribution in [-0.2, 0) is 17.7 Å². The first-order chi connectivity index (χ1) is 18.3. The van der Waals surface area contributed by atoms with E-state index in [4.69, 9.17) is 4.74 Å². The number of fused-ring (bicyclic) bond motifs is 1. The number of nitrogens with zero attached hydrogens (tertiary/aromatic N) is 6. The molecule has 38 heavy (non-hydrogen) atoms. The molecule has 12 heteroatoms. The Morgan fingerprint density at radius 3 is 2.58 bits per heavy atom. The topological polar surface area (TPSA) is 97.6 Å². The molecule has 1 spiro atoms. The van der Waals surface area contributed by atoms with Gasteiger partial charge in [-0.25, -0.2) is 27.5 Å². The molecular weight excluding hydrogens is 501 g/mol. The van der Waals surface area contributed by atoms with E-state index in [1.165, 1.54) is 10.8 Å². The van der Waals surface area contributed by atoms with Gasteiger partial charge in [0.1, 0.15) is 23.8 Å². The lowest BCUT2D eigenvalue weighted by atomic mass is 9.79. The molecule has 0 amide bonds. The molecule has 5 heterocycles. The number of nitriles is 1. The molecular formula is C26H21F3N6O3. The SMILES string of the molecule is N#CCn1c(N2CC3(CCOC3)C2)c(Cc2cc(F)c(F)c(F)c2)c(=O)n(-c2cnc3ccccn23)c1=O. The van der Waals surface area contributed by atoms with Gasteiger partial charge in [-0.2, -0.15) is 5.26 Å². The number of aromatic nitrogens is 4. The number of rotatable bonds is 5. The van der Waals surface area contributed by atoms with Gasteiger partial charge in [-0.1, -0.05) is 6.07 Å². The molecule has 4 aromatic rings. The fourth-order valence-corrected chi connectivity index (χ4v) is 5.43. The molecule has 194 valence electrons. The van der Waals surface area contributed by atoms with Gasteiger partial charge in [-0.3, -0.25) is 13.8 Å². The van der Waals surface area contributed by atoms with E-state index in [1.54, 1.807) is 28.8 Å². The maximum atomic E-state index is 14.1. The molecule has 2 aliphatic heterocycles. The van der Waals surface area contributed by atoms with Crippen molar-refractivity contribution in [3.63, 3.8) is 0 Å². The van der Waals surface area contributed by atoms with Gasteiger partial charge in [0.2, 0.25) is 0 Å². The number of pyridine rings is 1. The Morgan fingerprint density at radius 2 is 1.89 bits per heavy atom. The van der Waals surface area contributed by atoms with Crippen LogP contribution in [0, 0.1) is 34.2 Å². The monoisotopic (exact) mass is 522 g/mol. The largest absolute Gasteiger partial charge is 0.381 e. The summed E-state index contributed by atoms with van der Waals surface area (Å²) in [5.74, 6) is -4.04. The van der Waals surface area contributed by atoms with Crippen LogP contribution in [0.3, 0.4) is 0 Å². The summed E-state index contributed by atoms with van der Waals surface area (Å²) in [5.41, 5.74) is -1.06. The molecule has 2 aliphatic rings. The van der Waals surface area contributed by atoms with E-state index in [0.29, 0.717) is 32.0 Å². The quantitative estimate of drug-likeness (QED) is 0.374. The van der Waals surface area contributed by atoms with Crippen molar-refractivity contribution in [2.75, 3.05) is 31.2 Å². The summed E-state index contributed by atoms with van der Waals surface area (Å²) in [6.07, 6.45) is 3.51. The Bertz CT molecular complexity index is 1710. The number of imidazole rings is 1. The number of hydrogen-bond donors (Lipinski definition) is 0. The van der Waals surface area contributed by atoms with Gasteiger partial charge in [0.25, 0.3) is 5.56 Å². The van der Waals surface area contributed by atoms with E-state index < -0.39 is 28.7 Å². The van der Waals surface area contributed by atoms with E-state index in [9.17, 15) is 28.0 Å². The zero-order chi connectivity index (χ0) is 26.6. The normalized spacial score (nSPS) is 16.2. The van der Waals surface area contributed by atoms with Crippen LogP contribution in [0.25, 0.3) is 11.5 Å². The zero-order valence-corrected chi connectivity index (χ0v) is 20.0. The fourth-order valence-electron chi connectivity index (χ4n) is 5.43. The molecule has 0 radical (unpaired) electrons. The van der Waals surface area contributed by atoms with Crippen LogP contribution >= 0.6 is 0 Å². The summed E-state index contributed by atoms with van der Waals surface area (Å²) in [5, 5.41) is 9.60. The number of ether oxygens (including phenoxy) is 1. The van der Waals surface area contributed by atoms with Gasteiger partial charge >= 0.3 is 5.69 Å². The summed E-state index contributed by atoms with van der Waals surface area (Å²) >= 11 is 0. The van der Waals surface area contributed by atoms with E-state index in [-0.39, 0.29) is 41.1 Å². The van der Waals surface area contributed by atoms with Crippen LogP contribution < -0.4 is 16.1 Å². The van der Waals surface area contributed by atoms with E-state index in [1.807, 2.05) is 11.0 Å². The molecule has 2 saturated heterocycles.